The second kappa shape index (κ2) is 6.89. The topological polar surface area (TPSA) is 43.4 Å². The Morgan fingerprint density at radius 1 is 1.38 bits per heavy atom. The SMILES string of the molecule is CCCCC(=O)[C@H](Cl)C(=O)OCC. The van der Waals surface area contributed by atoms with Gasteiger partial charge in [-0.1, -0.05) is 13.3 Å². The molecule has 0 heterocycles. The fourth-order valence-electron chi connectivity index (χ4n) is 0.825. The first kappa shape index (κ1) is 12.4. The van der Waals surface area contributed by atoms with Crippen LogP contribution in [0.15, 0.2) is 0 Å². The van der Waals surface area contributed by atoms with E-state index in [9.17, 15) is 9.59 Å². The minimum atomic E-state index is -1.12. The maximum atomic E-state index is 11.2. The molecule has 1 atom stereocenters. The number of hydrogen-bond acceptors (Lipinski definition) is 3. The minimum absolute atomic E-state index is 0.248. The number of hydrogen-bond donors (Lipinski definition) is 0. The normalized spacial score (nSPS) is 12.2. The summed E-state index contributed by atoms with van der Waals surface area (Å²) in [5.74, 6) is -0.882. The molecule has 0 aromatic rings. The van der Waals surface area contributed by atoms with Gasteiger partial charge in [-0.15, -0.1) is 11.6 Å². The van der Waals surface area contributed by atoms with Crippen molar-refractivity contribution >= 4 is 23.4 Å². The highest BCUT2D eigenvalue weighted by molar-refractivity contribution is 6.41. The van der Waals surface area contributed by atoms with Crippen molar-refractivity contribution in [3.8, 4) is 0 Å². The Kier molecular flexibility index (Phi) is 6.59. The van der Waals surface area contributed by atoms with Crippen LogP contribution in [0.3, 0.4) is 0 Å². The molecule has 0 bridgehead atoms. The molecule has 0 aromatic heterocycles. The van der Waals surface area contributed by atoms with Gasteiger partial charge >= 0.3 is 5.97 Å². The quantitative estimate of drug-likeness (QED) is 0.379. The average molecular weight is 207 g/mol. The number of carbonyl (C=O) groups is 2. The van der Waals surface area contributed by atoms with Crippen molar-refractivity contribution in [2.24, 2.45) is 0 Å². The standard InChI is InChI=1S/C9H15ClO3/c1-3-5-6-7(11)8(10)9(12)13-4-2/h8H,3-6H2,1-2H3/t8-/m0/s1. The Labute approximate surface area is 83.4 Å². The van der Waals surface area contributed by atoms with E-state index in [0.29, 0.717) is 6.42 Å². The summed E-state index contributed by atoms with van der Waals surface area (Å²) >= 11 is 5.57. The molecule has 0 radical (unpaired) electrons. The molecule has 13 heavy (non-hydrogen) atoms. The summed E-state index contributed by atoms with van der Waals surface area (Å²) in [6.45, 7) is 3.90. The lowest BCUT2D eigenvalue weighted by Crippen LogP contribution is -2.26. The largest absolute Gasteiger partial charge is 0.465 e. The highest BCUT2D eigenvalue weighted by Gasteiger charge is 2.23. The van der Waals surface area contributed by atoms with E-state index in [1.807, 2.05) is 6.92 Å². The van der Waals surface area contributed by atoms with E-state index >= 15 is 0 Å². The molecule has 0 aliphatic heterocycles. The van der Waals surface area contributed by atoms with E-state index < -0.39 is 11.3 Å². The van der Waals surface area contributed by atoms with Gasteiger partial charge in [-0.3, -0.25) is 4.79 Å². The van der Waals surface area contributed by atoms with Crippen LogP contribution in [0.4, 0.5) is 0 Å². The molecule has 0 rings (SSSR count). The van der Waals surface area contributed by atoms with Gasteiger partial charge in [0, 0.05) is 6.42 Å². The first-order valence-corrected chi connectivity index (χ1v) is 4.90. The molecule has 0 aromatic carbocycles. The van der Waals surface area contributed by atoms with Crippen LogP contribution in [0, 0.1) is 0 Å². The molecule has 0 unspecified atom stereocenters. The molecule has 0 N–H and O–H groups in total. The van der Waals surface area contributed by atoms with E-state index in [-0.39, 0.29) is 12.4 Å². The van der Waals surface area contributed by atoms with Gasteiger partial charge in [-0.2, -0.15) is 0 Å². The number of unbranched alkanes of at least 4 members (excludes halogenated alkanes) is 1. The van der Waals surface area contributed by atoms with Crippen LogP contribution in [-0.2, 0) is 14.3 Å². The van der Waals surface area contributed by atoms with Crippen LogP contribution in [0.25, 0.3) is 0 Å². The number of ketones is 1. The fraction of sp³-hybridized carbons (Fsp3) is 0.778. The lowest BCUT2D eigenvalue weighted by molar-refractivity contribution is -0.145. The predicted molar refractivity (Wildman–Crippen MR) is 50.8 cm³/mol. The Bertz CT molecular complexity index is 180. The zero-order chi connectivity index (χ0) is 10.3. The van der Waals surface area contributed by atoms with E-state index in [1.165, 1.54) is 0 Å². The first-order chi connectivity index (χ1) is 6.13. The second-order valence-electron chi connectivity index (χ2n) is 2.68. The summed E-state index contributed by atoms with van der Waals surface area (Å²) in [4.78, 5) is 22.2. The Morgan fingerprint density at radius 2 is 2.00 bits per heavy atom. The molecule has 0 amide bonds. The third-order valence-corrected chi connectivity index (χ3v) is 1.97. The van der Waals surface area contributed by atoms with Gasteiger partial charge in [0.05, 0.1) is 6.61 Å². The van der Waals surface area contributed by atoms with Crippen LogP contribution < -0.4 is 0 Å². The van der Waals surface area contributed by atoms with E-state index in [1.54, 1.807) is 6.92 Å². The predicted octanol–water partition coefficient (Wildman–Crippen LogP) is 1.92. The van der Waals surface area contributed by atoms with Crippen LogP contribution in [0.2, 0.25) is 0 Å². The molecule has 0 aliphatic rings. The third-order valence-electron chi connectivity index (χ3n) is 1.55. The van der Waals surface area contributed by atoms with Crippen LogP contribution >= 0.6 is 11.6 Å². The van der Waals surface area contributed by atoms with E-state index in [2.05, 4.69) is 4.74 Å². The van der Waals surface area contributed by atoms with Crippen LogP contribution in [0.1, 0.15) is 33.1 Å². The van der Waals surface area contributed by atoms with E-state index in [4.69, 9.17) is 11.6 Å². The van der Waals surface area contributed by atoms with Gasteiger partial charge in [0.2, 0.25) is 0 Å². The number of carbonyl (C=O) groups excluding carboxylic acids is 2. The summed E-state index contributed by atoms with van der Waals surface area (Å²) in [6.07, 6.45) is 2.03. The highest BCUT2D eigenvalue weighted by atomic mass is 35.5. The van der Waals surface area contributed by atoms with Gasteiger partial charge < -0.3 is 4.74 Å². The number of Topliss-reactive ketones (excluding diaryl/α,β-unsaturated/α-hetero) is 1. The molecular weight excluding hydrogens is 192 g/mol. The Morgan fingerprint density at radius 3 is 2.46 bits per heavy atom. The summed E-state index contributed by atoms with van der Waals surface area (Å²) in [5.41, 5.74) is 0. The van der Waals surface area contributed by atoms with Crippen molar-refractivity contribution in [3.63, 3.8) is 0 Å². The van der Waals surface area contributed by atoms with Crippen molar-refractivity contribution < 1.29 is 14.3 Å². The lowest BCUT2D eigenvalue weighted by Gasteiger charge is -2.06. The summed E-state index contributed by atoms with van der Waals surface area (Å²) < 4.78 is 4.61. The first-order valence-electron chi connectivity index (χ1n) is 4.46. The summed E-state index contributed by atoms with van der Waals surface area (Å²) in [7, 11) is 0. The van der Waals surface area contributed by atoms with Gasteiger partial charge in [0.15, 0.2) is 11.2 Å². The zero-order valence-electron chi connectivity index (χ0n) is 8.01. The zero-order valence-corrected chi connectivity index (χ0v) is 8.76. The molecule has 0 spiro atoms. The molecule has 0 saturated heterocycles. The Hall–Kier alpha value is -0.570. The van der Waals surface area contributed by atoms with Crippen molar-refractivity contribution in [3.05, 3.63) is 0 Å². The lowest BCUT2D eigenvalue weighted by atomic mass is 10.1. The third kappa shape index (κ3) is 4.88. The summed E-state index contributed by atoms with van der Waals surface area (Å²) in [5, 5.41) is -1.12. The average Bonchev–Trinajstić information content (AvgIpc) is 2.13. The molecule has 0 aliphatic carbocycles. The fourth-order valence-corrected chi connectivity index (χ4v) is 0.997. The van der Waals surface area contributed by atoms with Crippen molar-refractivity contribution in [2.45, 2.75) is 38.5 Å². The molecule has 0 fully saturated rings. The van der Waals surface area contributed by atoms with Gasteiger partial charge in [0.25, 0.3) is 0 Å². The van der Waals surface area contributed by atoms with Gasteiger partial charge in [-0.25, -0.2) is 4.79 Å². The van der Waals surface area contributed by atoms with Gasteiger partial charge in [0.1, 0.15) is 0 Å². The van der Waals surface area contributed by atoms with Crippen LogP contribution in [-0.4, -0.2) is 23.7 Å². The number of alkyl halides is 1. The highest BCUT2D eigenvalue weighted by Crippen LogP contribution is 2.06. The maximum absolute atomic E-state index is 11.2. The van der Waals surface area contributed by atoms with Crippen molar-refractivity contribution in [2.75, 3.05) is 6.61 Å². The maximum Gasteiger partial charge on any atom is 0.331 e. The Balaban J connectivity index is 3.87. The molecule has 76 valence electrons. The van der Waals surface area contributed by atoms with E-state index in [0.717, 1.165) is 12.8 Å². The number of esters is 1. The molecule has 0 saturated carbocycles. The van der Waals surface area contributed by atoms with Crippen molar-refractivity contribution in [1.82, 2.24) is 0 Å². The summed E-state index contributed by atoms with van der Waals surface area (Å²) in [6, 6.07) is 0. The van der Waals surface area contributed by atoms with Crippen LogP contribution in [0.5, 0.6) is 0 Å². The number of ether oxygens (including phenoxy) is 1. The van der Waals surface area contributed by atoms with Gasteiger partial charge in [-0.05, 0) is 13.3 Å². The minimum Gasteiger partial charge on any atom is -0.465 e. The molecular formula is C9H15ClO3. The second-order valence-corrected chi connectivity index (χ2v) is 3.12. The van der Waals surface area contributed by atoms with Crippen molar-refractivity contribution in [1.29, 1.82) is 0 Å². The molecule has 4 heteroatoms. The molecule has 3 nitrogen and oxygen atoms in total. The number of halogens is 1. The number of rotatable bonds is 6. The smallest absolute Gasteiger partial charge is 0.331 e. The monoisotopic (exact) mass is 206 g/mol.